The fraction of sp³-hybridized carbons (Fsp3) is 0.533. The zero-order valence-corrected chi connectivity index (χ0v) is 12.6. The molecule has 0 saturated carbocycles. The van der Waals surface area contributed by atoms with Gasteiger partial charge in [0.25, 0.3) is 0 Å². The molecule has 2 rings (SSSR count). The highest BCUT2D eigenvalue weighted by Gasteiger charge is 2.32. The van der Waals surface area contributed by atoms with Crippen LogP contribution in [-0.2, 0) is 9.53 Å². The third-order valence-corrected chi connectivity index (χ3v) is 3.89. The summed E-state index contributed by atoms with van der Waals surface area (Å²) in [6.07, 6.45) is 0.666. The van der Waals surface area contributed by atoms with Gasteiger partial charge in [0.15, 0.2) is 0 Å². The number of nitrogens with one attached hydrogen (secondary N) is 1. The predicted molar refractivity (Wildman–Crippen MR) is 79.5 cm³/mol. The number of nitrogens with two attached hydrogens (primary N) is 1. The molecule has 0 aromatic heterocycles. The van der Waals surface area contributed by atoms with Crippen molar-refractivity contribution in [2.24, 2.45) is 11.7 Å². The van der Waals surface area contributed by atoms with E-state index in [1.807, 2.05) is 38.1 Å². The lowest BCUT2D eigenvalue weighted by Crippen LogP contribution is -2.48. The molecule has 1 aromatic rings. The first-order valence-corrected chi connectivity index (χ1v) is 7.30. The lowest BCUT2D eigenvalue weighted by Gasteiger charge is -2.23. The molecule has 1 heterocycles. The van der Waals surface area contributed by atoms with Gasteiger partial charge in [0, 0.05) is 11.6 Å². The number of hydrogen-bond acceptors (Lipinski definition) is 3. The topological polar surface area (TPSA) is 64.4 Å². The molecule has 2 unspecified atom stereocenters. The van der Waals surface area contributed by atoms with Crippen molar-refractivity contribution in [3.05, 3.63) is 34.9 Å². The molecule has 0 spiro atoms. The van der Waals surface area contributed by atoms with Crippen molar-refractivity contribution in [1.29, 1.82) is 0 Å². The Morgan fingerprint density at radius 2 is 2.05 bits per heavy atom. The van der Waals surface area contributed by atoms with Gasteiger partial charge in [0.05, 0.1) is 12.1 Å². The largest absolute Gasteiger partial charge is 0.371 e. The summed E-state index contributed by atoms with van der Waals surface area (Å²) in [5, 5.41) is 3.69. The highest BCUT2D eigenvalue weighted by Crippen LogP contribution is 2.30. The Labute approximate surface area is 124 Å². The molecule has 110 valence electrons. The van der Waals surface area contributed by atoms with Crippen molar-refractivity contribution in [3.8, 4) is 0 Å². The van der Waals surface area contributed by atoms with Crippen molar-refractivity contribution < 1.29 is 9.53 Å². The second-order valence-electron chi connectivity index (χ2n) is 5.52. The Bertz CT molecular complexity index is 461. The SMILES string of the molecule is CC(C)[C@H](N)C(=O)NC1CCOC1c1ccc(Cl)cc1. The van der Waals surface area contributed by atoms with Crippen LogP contribution in [0.5, 0.6) is 0 Å². The Kier molecular flexibility index (Phi) is 5.02. The maximum absolute atomic E-state index is 12.1. The van der Waals surface area contributed by atoms with Crippen molar-refractivity contribution in [3.63, 3.8) is 0 Å². The quantitative estimate of drug-likeness (QED) is 0.896. The first-order valence-electron chi connectivity index (χ1n) is 6.92. The van der Waals surface area contributed by atoms with Crippen molar-refractivity contribution in [1.82, 2.24) is 5.32 Å². The highest BCUT2D eigenvalue weighted by atomic mass is 35.5. The molecule has 20 heavy (non-hydrogen) atoms. The van der Waals surface area contributed by atoms with Gasteiger partial charge in [-0.2, -0.15) is 0 Å². The molecule has 0 radical (unpaired) electrons. The van der Waals surface area contributed by atoms with Crippen LogP contribution in [0.25, 0.3) is 0 Å². The Morgan fingerprint density at radius 1 is 1.40 bits per heavy atom. The third-order valence-electron chi connectivity index (χ3n) is 3.64. The maximum atomic E-state index is 12.1. The Balaban J connectivity index is 2.04. The lowest BCUT2D eigenvalue weighted by atomic mass is 10.00. The standard InChI is InChI=1S/C15H21ClN2O2/c1-9(2)13(17)15(19)18-12-7-8-20-14(12)10-3-5-11(16)6-4-10/h3-6,9,12-14H,7-8,17H2,1-2H3,(H,18,19)/t12?,13-,14?/m0/s1. The van der Waals surface area contributed by atoms with E-state index in [4.69, 9.17) is 22.1 Å². The van der Waals surface area contributed by atoms with Gasteiger partial charge < -0.3 is 15.8 Å². The minimum atomic E-state index is -0.485. The van der Waals surface area contributed by atoms with E-state index in [1.165, 1.54) is 0 Å². The predicted octanol–water partition coefficient (Wildman–Crippen LogP) is 2.27. The molecular weight excluding hydrogens is 276 g/mol. The average Bonchev–Trinajstić information content (AvgIpc) is 2.86. The van der Waals surface area contributed by atoms with Crippen molar-refractivity contribution in [2.75, 3.05) is 6.61 Å². The highest BCUT2D eigenvalue weighted by molar-refractivity contribution is 6.30. The molecule has 5 heteroatoms. The minimum Gasteiger partial charge on any atom is -0.371 e. The first-order chi connectivity index (χ1) is 9.49. The van der Waals surface area contributed by atoms with E-state index in [9.17, 15) is 4.79 Å². The van der Waals surface area contributed by atoms with Gasteiger partial charge in [-0.15, -0.1) is 0 Å². The van der Waals surface area contributed by atoms with Crippen molar-refractivity contribution in [2.45, 2.75) is 38.5 Å². The summed E-state index contributed by atoms with van der Waals surface area (Å²) >= 11 is 5.89. The van der Waals surface area contributed by atoms with E-state index >= 15 is 0 Å². The summed E-state index contributed by atoms with van der Waals surface area (Å²) < 4.78 is 5.73. The van der Waals surface area contributed by atoms with Crippen LogP contribution in [0.3, 0.4) is 0 Å². The molecule has 1 aliphatic heterocycles. The normalized spacial score (nSPS) is 23.9. The summed E-state index contributed by atoms with van der Waals surface area (Å²) in [4.78, 5) is 12.1. The number of carbonyl (C=O) groups excluding carboxylic acids is 1. The van der Waals surface area contributed by atoms with Crippen LogP contribution in [0.15, 0.2) is 24.3 Å². The lowest BCUT2D eigenvalue weighted by molar-refractivity contribution is -0.124. The summed E-state index contributed by atoms with van der Waals surface area (Å²) in [5.41, 5.74) is 6.90. The van der Waals surface area contributed by atoms with E-state index in [1.54, 1.807) is 0 Å². The molecular formula is C15H21ClN2O2. The van der Waals surface area contributed by atoms with E-state index in [-0.39, 0.29) is 24.0 Å². The first kappa shape index (κ1) is 15.3. The van der Waals surface area contributed by atoms with E-state index < -0.39 is 6.04 Å². The number of carbonyl (C=O) groups is 1. The molecule has 1 fully saturated rings. The summed E-state index contributed by atoms with van der Waals surface area (Å²) in [6, 6.07) is 7.00. The third kappa shape index (κ3) is 3.51. The fourth-order valence-corrected chi connectivity index (χ4v) is 2.43. The summed E-state index contributed by atoms with van der Waals surface area (Å²) in [5.74, 6) is 0.000710. The molecule has 4 nitrogen and oxygen atoms in total. The van der Waals surface area contributed by atoms with Crippen LogP contribution < -0.4 is 11.1 Å². The van der Waals surface area contributed by atoms with E-state index in [0.29, 0.717) is 11.6 Å². The monoisotopic (exact) mass is 296 g/mol. The number of rotatable bonds is 4. The van der Waals surface area contributed by atoms with Gasteiger partial charge in [0.2, 0.25) is 5.91 Å². The second-order valence-corrected chi connectivity index (χ2v) is 5.95. The summed E-state index contributed by atoms with van der Waals surface area (Å²) in [6.45, 7) is 4.51. The van der Waals surface area contributed by atoms with Crippen molar-refractivity contribution >= 4 is 17.5 Å². The maximum Gasteiger partial charge on any atom is 0.237 e. The number of benzene rings is 1. The molecule has 1 aromatic carbocycles. The second kappa shape index (κ2) is 6.57. The van der Waals surface area contributed by atoms with Crippen LogP contribution in [0, 0.1) is 5.92 Å². The molecule has 0 aliphatic carbocycles. The minimum absolute atomic E-state index is 0.0338. The van der Waals surface area contributed by atoms with Gasteiger partial charge in [-0.25, -0.2) is 0 Å². The van der Waals surface area contributed by atoms with Gasteiger partial charge in [-0.05, 0) is 30.0 Å². The van der Waals surface area contributed by atoms with Gasteiger partial charge in [-0.1, -0.05) is 37.6 Å². The van der Waals surface area contributed by atoms with Crippen LogP contribution in [0.2, 0.25) is 5.02 Å². The van der Waals surface area contributed by atoms with Crippen LogP contribution in [0.4, 0.5) is 0 Å². The number of halogens is 1. The van der Waals surface area contributed by atoms with Gasteiger partial charge in [-0.3, -0.25) is 4.79 Å². The molecule has 1 aliphatic rings. The Hall–Kier alpha value is -1.10. The molecule has 1 saturated heterocycles. The van der Waals surface area contributed by atoms with Gasteiger partial charge in [0.1, 0.15) is 6.10 Å². The molecule has 3 N–H and O–H groups in total. The van der Waals surface area contributed by atoms with Crippen LogP contribution >= 0.6 is 11.6 Å². The number of amides is 1. The fourth-order valence-electron chi connectivity index (χ4n) is 2.30. The number of hydrogen-bond donors (Lipinski definition) is 2. The summed E-state index contributed by atoms with van der Waals surface area (Å²) in [7, 11) is 0. The van der Waals surface area contributed by atoms with E-state index in [0.717, 1.165) is 12.0 Å². The smallest absolute Gasteiger partial charge is 0.237 e. The van der Waals surface area contributed by atoms with Gasteiger partial charge >= 0.3 is 0 Å². The molecule has 0 bridgehead atoms. The number of ether oxygens (including phenoxy) is 1. The molecule has 3 atom stereocenters. The molecule has 1 amide bonds. The Morgan fingerprint density at radius 3 is 2.65 bits per heavy atom. The average molecular weight is 297 g/mol. The zero-order valence-electron chi connectivity index (χ0n) is 11.8. The van der Waals surface area contributed by atoms with E-state index in [2.05, 4.69) is 5.32 Å². The zero-order chi connectivity index (χ0) is 14.7. The van der Waals surface area contributed by atoms with Crippen LogP contribution in [-0.4, -0.2) is 24.6 Å². The van der Waals surface area contributed by atoms with Crippen LogP contribution in [0.1, 0.15) is 31.9 Å².